The lowest BCUT2D eigenvalue weighted by atomic mass is 10.1. The Kier molecular flexibility index (Phi) is 4.78. The molecule has 3 rings (SSSR count). The van der Waals surface area contributed by atoms with E-state index < -0.39 is 10.0 Å². The summed E-state index contributed by atoms with van der Waals surface area (Å²) in [5, 5.41) is 12.0. The molecule has 0 saturated carbocycles. The maximum absolute atomic E-state index is 12.6. The van der Waals surface area contributed by atoms with Crippen LogP contribution < -0.4 is 9.88 Å². The Bertz CT molecular complexity index is 861. The van der Waals surface area contributed by atoms with Crippen molar-refractivity contribution in [2.45, 2.75) is 6.42 Å². The highest BCUT2D eigenvalue weighted by Crippen LogP contribution is 2.23. The molecule has 1 amide bonds. The summed E-state index contributed by atoms with van der Waals surface area (Å²) in [5.41, 5.74) is 1.90. The minimum Gasteiger partial charge on any atom is -0.497 e. The second kappa shape index (κ2) is 6.85. The van der Waals surface area contributed by atoms with E-state index in [-0.39, 0.29) is 17.6 Å². The van der Waals surface area contributed by atoms with Crippen LogP contribution in [0.2, 0.25) is 0 Å². The van der Waals surface area contributed by atoms with Crippen molar-refractivity contribution < 1.29 is 17.9 Å². The van der Waals surface area contributed by atoms with Crippen LogP contribution in [0, 0.1) is 5.92 Å². The summed E-state index contributed by atoms with van der Waals surface area (Å²) in [6.07, 6.45) is 0.627. The minimum absolute atomic E-state index is 0.100. The van der Waals surface area contributed by atoms with Crippen molar-refractivity contribution in [3.8, 4) is 17.0 Å². The van der Waals surface area contributed by atoms with Crippen molar-refractivity contribution in [1.29, 1.82) is 0 Å². The molecule has 1 aromatic heterocycles. The molecule has 1 aliphatic rings. The van der Waals surface area contributed by atoms with Crippen LogP contribution in [0.15, 0.2) is 30.3 Å². The summed E-state index contributed by atoms with van der Waals surface area (Å²) in [5.74, 6) is 0.331. The van der Waals surface area contributed by atoms with Crippen molar-refractivity contribution in [2.75, 3.05) is 26.0 Å². The second-order valence-electron chi connectivity index (χ2n) is 6.13. The van der Waals surface area contributed by atoms with Gasteiger partial charge in [-0.15, -0.1) is 0 Å². The van der Waals surface area contributed by atoms with Crippen LogP contribution in [0.1, 0.15) is 16.9 Å². The van der Waals surface area contributed by atoms with Crippen LogP contribution >= 0.6 is 0 Å². The molecule has 0 radical (unpaired) electrons. The Hall–Kier alpha value is -2.39. The van der Waals surface area contributed by atoms with Gasteiger partial charge in [0.25, 0.3) is 5.91 Å². The number of nitrogens with one attached hydrogen (secondary N) is 1. The molecule has 3 N–H and O–H groups in total. The van der Waals surface area contributed by atoms with Gasteiger partial charge in [0.1, 0.15) is 11.4 Å². The molecule has 1 saturated heterocycles. The maximum atomic E-state index is 12.6. The quantitative estimate of drug-likeness (QED) is 0.815. The molecule has 0 aliphatic carbocycles. The van der Waals surface area contributed by atoms with Crippen LogP contribution in [-0.2, 0) is 10.0 Å². The van der Waals surface area contributed by atoms with Gasteiger partial charge in [-0.2, -0.15) is 5.10 Å². The molecule has 2 heterocycles. The predicted molar refractivity (Wildman–Crippen MR) is 92.6 cm³/mol. The number of ether oxygens (including phenoxy) is 1. The van der Waals surface area contributed by atoms with E-state index in [0.29, 0.717) is 30.9 Å². The molecular formula is C16H20N4O4S. The van der Waals surface area contributed by atoms with Crippen molar-refractivity contribution in [1.82, 2.24) is 15.1 Å². The Morgan fingerprint density at radius 2 is 2.12 bits per heavy atom. The summed E-state index contributed by atoms with van der Waals surface area (Å²) in [6.45, 7) is 0.891. The molecule has 0 bridgehead atoms. The number of hydrogen-bond donors (Lipinski definition) is 2. The maximum Gasteiger partial charge on any atom is 0.271 e. The third-order valence-corrected chi connectivity index (χ3v) is 5.17. The zero-order valence-electron chi connectivity index (χ0n) is 13.8. The van der Waals surface area contributed by atoms with Gasteiger partial charge >= 0.3 is 0 Å². The van der Waals surface area contributed by atoms with Gasteiger partial charge in [-0.05, 0) is 42.7 Å². The van der Waals surface area contributed by atoms with Crippen LogP contribution in [0.4, 0.5) is 0 Å². The number of amides is 1. The standard InChI is InChI=1S/C16H20N4O4S/c1-24-13-4-2-12(3-5-13)14-8-15(19-18-14)16(21)20-7-6-11(9-20)10-25(17,22)23/h2-5,8,11H,6-7,9-10H2,1H3,(H,18,19)(H2,17,22,23)/t11-/m1/s1. The van der Waals surface area contributed by atoms with Gasteiger partial charge in [0.05, 0.1) is 18.6 Å². The van der Waals surface area contributed by atoms with Gasteiger partial charge in [-0.25, -0.2) is 13.6 Å². The fourth-order valence-corrected chi connectivity index (χ4v) is 3.92. The van der Waals surface area contributed by atoms with Gasteiger partial charge in [0.15, 0.2) is 0 Å². The molecule has 1 atom stereocenters. The number of rotatable bonds is 5. The number of aromatic nitrogens is 2. The van der Waals surface area contributed by atoms with Gasteiger partial charge in [0, 0.05) is 18.7 Å². The summed E-state index contributed by atoms with van der Waals surface area (Å²) < 4.78 is 27.5. The second-order valence-corrected chi connectivity index (χ2v) is 7.79. The van der Waals surface area contributed by atoms with E-state index >= 15 is 0 Å². The molecule has 1 aliphatic heterocycles. The number of carbonyl (C=O) groups excluding carboxylic acids is 1. The van der Waals surface area contributed by atoms with Crippen LogP contribution in [0.5, 0.6) is 5.75 Å². The molecule has 1 aromatic carbocycles. The normalized spacial score (nSPS) is 17.7. The number of benzene rings is 1. The number of carbonyl (C=O) groups is 1. The monoisotopic (exact) mass is 364 g/mol. The van der Waals surface area contributed by atoms with Crippen molar-refractivity contribution in [3.05, 3.63) is 36.0 Å². The number of aromatic amines is 1. The highest BCUT2D eigenvalue weighted by molar-refractivity contribution is 7.89. The minimum atomic E-state index is -3.53. The van der Waals surface area contributed by atoms with E-state index in [1.54, 1.807) is 18.1 Å². The topological polar surface area (TPSA) is 118 Å². The Balaban J connectivity index is 1.68. The van der Waals surface area contributed by atoms with E-state index in [1.165, 1.54) is 0 Å². The van der Waals surface area contributed by atoms with Crippen LogP contribution in [-0.4, -0.2) is 55.4 Å². The summed E-state index contributed by atoms with van der Waals surface area (Å²) in [4.78, 5) is 14.2. The largest absolute Gasteiger partial charge is 0.497 e. The lowest BCUT2D eigenvalue weighted by molar-refractivity contribution is 0.0782. The molecule has 0 unspecified atom stereocenters. The van der Waals surface area contributed by atoms with E-state index in [1.807, 2.05) is 24.3 Å². The highest BCUT2D eigenvalue weighted by atomic mass is 32.2. The predicted octanol–water partition coefficient (Wildman–Crippen LogP) is 0.836. The van der Waals surface area contributed by atoms with Gasteiger partial charge in [-0.1, -0.05) is 0 Å². The Labute approximate surface area is 146 Å². The first-order chi connectivity index (χ1) is 11.9. The van der Waals surface area contributed by atoms with Crippen molar-refractivity contribution in [3.63, 3.8) is 0 Å². The smallest absolute Gasteiger partial charge is 0.271 e. The van der Waals surface area contributed by atoms with E-state index in [2.05, 4.69) is 10.2 Å². The van der Waals surface area contributed by atoms with E-state index in [9.17, 15) is 13.2 Å². The number of nitrogens with zero attached hydrogens (tertiary/aromatic N) is 2. The third kappa shape index (κ3) is 4.18. The lowest BCUT2D eigenvalue weighted by Gasteiger charge is -2.15. The number of methoxy groups -OCH3 is 1. The summed E-state index contributed by atoms with van der Waals surface area (Å²) in [6, 6.07) is 9.06. The van der Waals surface area contributed by atoms with E-state index in [4.69, 9.17) is 9.88 Å². The van der Waals surface area contributed by atoms with E-state index in [0.717, 1.165) is 11.3 Å². The summed E-state index contributed by atoms with van der Waals surface area (Å²) >= 11 is 0. The number of sulfonamides is 1. The van der Waals surface area contributed by atoms with Crippen molar-refractivity contribution in [2.24, 2.45) is 11.1 Å². The number of nitrogens with two attached hydrogens (primary N) is 1. The molecule has 1 fully saturated rings. The third-order valence-electron chi connectivity index (χ3n) is 4.24. The lowest BCUT2D eigenvalue weighted by Crippen LogP contribution is -2.31. The molecule has 134 valence electrons. The van der Waals surface area contributed by atoms with Crippen LogP contribution in [0.25, 0.3) is 11.3 Å². The van der Waals surface area contributed by atoms with Gasteiger partial charge < -0.3 is 9.64 Å². The molecule has 2 aromatic rings. The number of primary sulfonamides is 1. The first-order valence-corrected chi connectivity index (χ1v) is 9.57. The summed E-state index contributed by atoms with van der Waals surface area (Å²) in [7, 11) is -1.93. The number of likely N-dealkylation sites (tertiary alicyclic amines) is 1. The zero-order valence-corrected chi connectivity index (χ0v) is 14.6. The SMILES string of the molecule is COc1ccc(-c2cc(C(=O)N3CC[C@@H](CS(N)(=O)=O)C3)[nH]n2)cc1. The highest BCUT2D eigenvalue weighted by Gasteiger charge is 2.30. The fourth-order valence-electron chi connectivity index (χ4n) is 2.99. The number of hydrogen-bond acceptors (Lipinski definition) is 5. The van der Waals surface area contributed by atoms with Crippen molar-refractivity contribution >= 4 is 15.9 Å². The average molecular weight is 364 g/mol. The molecular weight excluding hydrogens is 344 g/mol. The zero-order chi connectivity index (χ0) is 18.0. The van der Waals surface area contributed by atoms with Gasteiger partial charge in [0.2, 0.25) is 10.0 Å². The molecule has 25 heavy (non-hydrogen) atoms. The fraction of sp³-hybridized carbons (Fsp3) is 0.375. The Morgan fingerprint density at radius 1 is 1.40 bits per heavy atom. The molecule has 8 nitrogen and oxygen atoms in total. The molecule has 9 heteroatoms. The average Bonchev–Trinajstić information content (AvgIpc) is 3.22. The first-order valence-electron chi connectivity index (χ1n) is 7.85. The number of H-pyrrole nitrogens is 1. The Morgan fingerprint density at radius 3 is 2.76 bits per heavy atom. The van der Waals surface area contributed by atoms with Gasteiger partial charge in [-0.3, -0.25) is 9.89 Å². The van der Waals surface area contributed by atoms with Crippen LogP contribution in [0.3, 0.4) is 0 Å². The first kappa shape index (κ1) is 17.4. The molecule has 0 spiro atoms.